The first kappa shape index (κ1) is 134. The molecule has 26 nitrogen and oxygen atoms in total. The third-order valence-corrected chi connectivity index (χ3v) is 20.5. The number of pyridine rings is 1. The molecule has 1 saturated heterocycles. The lowest BCUT2D eigenvalue weighted by Gasteiger charge is -2.29. The Bertz CT molecular complexity index is 3410. The topological polar surface area (TPSA) is 366 Å². The molecule has 14 N–H and O–H groups in total. The summed E-state index contributed by atoms with van der Waals surface area (Å²) in [7, 11) is 22.1. The fourth-order valence-electron chi connectivity index (χ4n) is 12.1. The van der Waals surface area contributed by atoms with E-state index in [0.29, 0.717) is 37.3 Å². The van der Waals surface area contributed by atoms with E-state index in [1.807, 2.05) is 148 Å². The predicted octanol–water partition coefficient (Wildman–Crippen LogP) is 12.1. The first-order valence-electron chi connectivity index (χ1n) is 45.9. The number of nitrogens with one attached hydrogen (secondary N) is 12. The van der Waals surface area contributed by atoms with E-state index in [9.17, 15) is 47.9 Å². The van der Waals surface area contributed by atoms with Crippen LogP contribution >= 0.6 is 0 Å². The van der Waals surface area contributed by atoms with E-state index in [1.54, 1.807) is 88.9 Å². The lowest BCUT2D eigenvalue weighted by atomic mass is 9.99. The van der Waals surface area contributed by atoms with Gasteiger partial charge in [0.25, 0.3) is 0 Å². The van der Waals surface area contributed by atoms with Crippen LogP contribution in [0, 0.1) is 11.8 Å². The van der Waals surface area contributed by atoms with Gasteiger partial charge in [-0.2, -0.15) is 0 Å². The number of ketones is 10. The SMILES string of the molecule is C=C(C)CCNC.C=C(C)CNC.C=C(C)[C@@H](Cc1ccccc1)NC.CCCCC[C@@H](NC)C(C)=O.CN[C@@H](C(C)=O)C(C)C.CN[C@@H](C(C)=O)C(C)C.CN[C@H](C)C(C)=O.CN[C@H](CCC(C)=O)C(C)=O.CN[C@H](CCCCN)C(C)=O.CN[C@H](CN1CCOCC1)C(C)=O.CN[C@H](Cc1ccc(-c2ccccc2)cc1)C(C)=O.CN[C@H](Cc1ccncc1)C(C)=O. The zero-order valence-electron chi connectivity index (χ0n) is 86.3. The number of benzene rings is 3. The predicted molar refractivity (Wildman–Crippen MR) is 545 cm³/mol. The number of carbonyl (C=O) groups excluding carboxylic acids is 10. The van der Waals surface area contributed by atoms with Crippen molar-refractivity contribution in [3.63, 3.8) is 0 Å². The quantitative estimate of drug-likeness (QED) is 0.0144. The molecule has 26 heteroatoms. The van der Waals surface area contributed by atoms with Crippen molar-refractivity contribution in [3.05, 3.63) is 163 Å². The summed E-state index contributed by atoms with van der Waals surface area (Å²) in [5.41, 5.74) is 15.0. The molecule has 0 radical (unpaired) electrons. The number of hydrogen-bond donors (Lipinski definition) is 13. The molecule has 1 aromatic heterocycles. The number of aromatic nitrogens is 1. The summed E-state index contributed by atoms with van der Waals surface area (Å²) in [5, 5.41) is 35.9. The van der Waals surface area contributed by atoms with Crippen molar-refractivity contribution in [1.82, 2.24) is 73.7 Å². The second kappa shape index (κ2) is 89.4. The van der Waals surface area contributed by atoms with Gasteiger partial charge in [0.15, 0.2) is 0 Å². The van der Waals surface area contributed by atoms with Crippen molar-refractivity contribution in [1.29, 1.82) is 0 Å². The van der Waals surface area contributed by atoms with Crippen LogP contribution in [0.5, 0.6) is 0 Å². The summed E-state index contributed by atoms with van der Waals surface area (Å²) in [6.07, 6.45) is 15.7. The van der Waals surface area contributed by atoms with E-state index < -0.39 is 0 Å². The summed E-state index contributed by atoms with van der Waals surface area (Å²) < 4.78 is 5.23. The Morgan fingerprint density at radius 3 is 1.02 bits per heavy atom. The number of Topliss-reactive ketones (excluding diaryl/α,β-unsaturated/α-hetero) is 10. The molecule has 0 bridgehead atoms. The highest BCUT2D eigenvalue weighted by molar-refractivity contribution is 5.85. The maximum absolute atomic E-state index is 11.4. The number of ether oxygens (including phenoxy) is 1. The maximum atomic E-state index is 11.4. The molecule has 129 heavy (non-hydrogen) atoms. The van der Waals surface area contributed by atoms with Crippen LogP contribution in [0.1, 0.15) is 212 Å². The van der Waals surface area contributed by atoms with Crippen LogP contribution < -0.4 is 69.5 Å². The van der Waals surface area contributed by atoms with Gasteiger partial charge in [-0.05, 0) is 298 Å². The Hall–Kier alpha value is -7.87. The molecule has 5 rings (SSSR count). The van der Waals surface area contributed by atoms with Crippen molar-refractivity contribution in [2.45, 2.75) is 275 Å². The molecule has 0 spiro atoms. The van der Waals surface area contributed by atoms with Crippen LogP contribution in [0.25, 0.3) is 11.1 Å². The summed E-state index contributed by atoms with van der Waals surface area (Å²) >= 11 is 0. The molecule has 1 aliphatic rings. The number of likely N-dealkylation sites (N-methyl/N-ethyl adjacent to an activating group) is 11. The zero-order valence-corrected chi connectivity index (χ0v) is 86.3. The lowest BCUT2D eigenvalue weighted by Crippen LogP contribution is -2.47. The Labute approximate surface area is 783 Å². The first-order chi connectivity index (χ1) is 60.8. The van der Waals surface area contributed by atoms with Gasteiger partial charge < -0.3 is 79.1 Å². The maximum Gasteiger partial charge on any atom is 0.147 e. The third-order valence-electron chi connectivity index (χ3n) is 20.5. The van der Waals surface area contributed by atoms with Gasteiger partial charge in [-0.15, -0.1) is 6.58 Å². The number of hydrogen-bond acceptors (Lipinski definition) is 26. The molecular weight excluding hydrogens is 1620 g/mol. The van der Waals surface area contributed by atoms with Crippen LogP contribution in [-0.4, -0.2) is 265 Å². The Balaban J connectivity index is -0.000000255. The van der Waals surface area contributed by atoms with Gasteiger partial charge >= 0.3 is 0 Å². The van der Waals surface area contributed by atoms with Crippen LogP contribution in [-0.2, 0) is 71.9 Å². The van der Waals surface area contributed by atoms with Crippen molar-refractivity contribution >= 4 is 57.8 Å². The standard InChI is InChI=1S/C17H19NO.C12H17N.C10H14N2O.C9H18N2O2.C9H19NO.C8H18N2O.C8H15NO2.2C7H15NO.C6H13N.C5H11NO.C5H11N/c1-13(19)17(18-2)12-14-8-10-16(11-9-14)15-6-4-3-5-7-15;1-10(2)12(13-3)9-11-7-5-4-6-8-11;1-8(13)10(11-2)7-9-3-5-12-6-4-9;1-8(12)9(10-2)7-11-3-5-13-6-4-11;1-4-5-6-7-9(10-3)8(2)11;1-7(11)8(10-2)5-3-4-6-9;1-6(10)4-5-8(9-3)7(2)11;2*1-5(2)7(8-4)6(3)9;1-6(2)4-5-7-3;1-4(6-3)5(2)7;1-5(2)4-6-3/h3-11,17-18H,12H2,1-2H3;4-8,12-13H,1,9H2,2-3H3;3-6,10-11H,7H2,1-2H3;9-10H,3-7H2,1-2H3;9-10H,4-7H2,1-3H3;8,10H,3-6,9H2,1-2H3;8-9H,4-5H2,1-3H3;2*5,7-8H,1-4H3;7H,1,4-5H2,2-3H3;4,6H,1-3H3;6H,1,4H2,2-3H3/t17-;12-;10-;2*9-;2*8-;2*7-;;4-;/m111111111.1./s1. The second-order valence-electron chi connectivity index (χ2n) is 33.0. The molecule has 0 saturated carbocycles. The normalized spacial score (nSPS) is 13.3. The number of unbranched alkanes of at least 4 members (excludes halogenated alkanes) is 3. The van der Waals surface area contributed by atoms with Crippen molar-refractivity contribution in [3.8, 4) is 11.1 Å². The highest BCUT2D eigenvalue weighted by Crippen LogP contribution is 2.20. The molecule has 2 heterocycles. The van der Waals surface area contributed by atoms with Crippen LogP contribution in [0.15, 0.2) is 146 Å². The van der Waals surface area contributed by atoms with Crippen LogP contribution in [0.3, 0.4) is 0 Å². The molecule has 1 fully saturated rings. The van der Waals surface area contributed by atoms with E-state index in [4.69, 9.17) is 10.5 Å². The van der Waals surface area contributed by atoms with E-state index >= 15 is 0 Å². The van der Waals surface area contributed by atoms with Gasteiger partial charge in [-0.3, -0.25) is 53.0 Å². The summed E-state index contributed by atoms with van der Waals surface area (Å²) in [4.78, 5) is 115. The number of morpholine rings is 1. The number of carbonyl (C=O) groups is 10. The second-order valence-corrected chi connectivity index (χ2v) is 33.0. The zero-order chi connectivity index (χ0) is 100. The Morgan fingerprint density at radius 2 is 0.752 bits per heavy atom. The minimum Gasteiger partial charge on any atom is -0.379 e. The fraction of sp³-hybridized carbons (Fsp3) is 0.621. The first-order valence-corrected chi connectivity index (χ1v) is 45.9. The van der Waals surface area contributed by atoms with Crippen molar-refractivity contribution in [2.24, 2.45) is 17.6 Å². The summed E-state index contributed by atoms with van der Waals surface area (Å²) in [6, 6.07) is 33.2. The van der Waals surface area contributed by atoms with E-state index in [0.717, 1.165) is 109 Å². The van der Waals surface area contributed by atoms with Crippen molar-refractivity contribution < 1.29 is 52.7 Å². The number of nitrogens with two attached hydrogens (primary N) is 1. The van der Waals surface area contributed by atoms with E-state index in [-0.39, 0.29) is 112 Å². The Kier molecular flexibility index (Phi) is 93.0. The van der Waals surface area contributed by atoms with Crippen LogP contribution in [0.2, 0.25) is 0 Å². The average molecular weight is 1810 g/mol. The molecule has 10 atom stereocenters. The smallest absolute Gasteiger partial charge is 0.147 e. The molecule has 0 aliphatic carbocycles. The van der Waals surface area contributed by atoms with Gasteiger partial charge in [0.2, 0.25) is 0 Å². The van der Waals surface area contributed by atoms with Gasteiger partial charge in [-0.25, -0.2) is 0 Å². The summed E-state index contributed by atoms with van der Waals surface area (Å²) in [5.74, 6) is 2.64. The molecule has 0 amide bonds. The third kappa shape index (κ3) is 80.7. The number of rotatable bonds is 47. The minimum absolute atomic E-state index is 0.0139. The van der Waals surface area contributed by atoms with E-state index in [1.165, 1.54) is 65.7 Å². The van der Waals surface area contributed by atoms with Gasteiger partial charge in [0, 0.05) is 51.0 Å². The minimum atomic E-state index is -0.154. The largest absolute Gasteiger partial charge is 0.379 e. The van der Waals surface area contributed by atoms with E-state index in [2.05, 4.69) is 168 Å². The Morgan fingerprint density at radius 1 is 0.388 bits per heavy atom. The molecule has 1 aliphatic heterocycles. The molecule has 0 unspecified atom stereocenters. The van der Waals surface area contributed by atoms with Gasteiger partial charge in [0.05, 0.1) is 67.6 Å². The van der Waals surface area contributed by atoms with Crippen LogP contribution in [0.4, 0.5) is 0 Å². The number of nitrogens with zero attached hydrogens (tertiary/aromatic N) is 2. The van der Waals surface area contributed by atoms with Crippen molar-refractivity contribution in [2.75, 3.05) is 137 Å². The molecule has 3 aromatic carbocycles. The fourth-order valence-corrected chi connectivity index (χ4v) is 12.1. The molecule has 4 aromatic rings. The van der Waals surface area contributed by atoms with Gasteiger partial charge in [-0.1, -0.05) is 175 Å². The monoisotopic (exact) mass is 1810 g/mol. The lowest BCUT2D eigenvalue weighted by molar-refractivity contribution is -0.121. The van der Waals surface area contributed by atoms with Gasteiger partial charge in [0.1, 0.15) is 57.8 Å². The highest BCUT2D eigenvalue weighted by Gasteiger charge is 2.21. The average Bonchev–Trinajstić information content (AvgIpc) is 0.857. The molecule has 738 valence electrons. The summed E-state index contributed by atoms with van der Waals surface area (Å²) in [6.45, 7) is 52.5. The highest BCUT2D eigenvalue weighted by atomic mass is 16.5. The molecular formula is C103H185N15O11.